The van der Waals surface area contributed by atoms with Crippen LogP contribution in [0.4, 0.5) is 0 Å². The lowest BCUT2D eigenvalue weighted by Gasteiger charge is -2.25. The van der Waals surface area contributed by atoms with E-state index >= 15 is 0 Å². The van der Waals surface area contributed by atoms with E-state index in [1.165, 1.54) is 4.31 Å². The van der Waals surface area contributed by atoms with E-state index in [0.29, 0.717) is 0 Å². The number of sulfone groups is 1. The first-order valence-electron chi connectivity index (χ1n) is 10.8. The summed E-state index contributed by atoms with van der Waals surface area (Å²) in [6.45, 7) is 3.64. The summed E-state index contributed by atoms with van der Waals surface area (Å²) in [5, 5.41) is 0. The lowest BCUT2D eigenvalue weighted by Crippen LogP contribution is -2.39. The summed E-state index contributed by atoms with van der Waals surface area (Å²) < 4.78 is 54.1. The number of benzene rings is 3. The molecule has 0 amide bonds. The molecule has 0 N–H and O–H groups in total. The SMILES string of the molecule is CSC(CN(C/C=C/c1ccccc1)S(=O)(=O)c1ccc(C)cc1)S(=O)(=O)c1ccc(C)cc1. The van der Waals surface area contributed by atoms with E-state index in [0.717, 1.165) is 28.5 Å². The molecule has 0 spiro atoms. The zero-order valence-electron chi connectivity index (χ0n) is 19.5. The van der Waals surface area contributed by atoms with Crippen molar-refractivity contribution in [3.63, 3.8) is 0 Å². The van der Waals surface area contributed by atoms with Crippen LogP contribution in [0.2, 0.25) is 0 Å². The van der Waals surface area contributed by atoms with Crippen molar-refractivity contribution in [3.05, 3.63) is 102 Å². The molecule has 3 rings (SSSR count). The van der Waals surface area contributed by atoms with Crippen molar-refractivity contribution in [2.24, 2.45) is 0 Å². The summed E-state index contributed by atoms with van der Waals surface area (Å²) in [5.74, 6) is 0. The molecule has 0 aliphatic rings. The molecule has 0 bridgehead atoms. The fourth-order valence-corrected chi connectivity index (χ4v) is 7.81. The van der Waals surface area contributed by atoms with Gasteiger partial charge in [-0.15, -0.1) is 11.8 Å². The van der Waals surface area contributed by atoms with Gasteiger partial charge in [-0.3, -0.25) is 0 Å². The van der Waals surface area contributed by atoms with Crippen LogP contribution in [0, 0.1) is 13.8 Å². The van der Waals surface area contributed by atoms with Crippen molar-refractivity contribution in [1.29, 1.82) is 0 Å². The molecule has 180 valence electrons. The van der Waals surface area contributed by atoms with Crippen LogP contribution in [-0.2, 0) is 19.9 Å². The van der Waals surface area contributed by atoms with Crippen molar-refractivity contribution in [2.75, 3.05) is 19.3 Å². The predicted molar refractivity (Wildman–Crippen MR) is 141 cm³/mol. The van der Waals surface area contributed by atoms with Crippen LogP contribution in [0.1, 0.15) is 16.7 Å². The molecule has 0 saturated carbocycles. The minimum Gasteiger partial charge on any atom is -0.222 e. The monoisotopic (exact) mass is 515 g/mol. The average molecular weight is 516 g/mol. The van der Waals surface area contributed by atoms with E-state index < -0.39 is 24.4 Å². The van der Waals surface area contributed by atoms with Crippen LogP contribution in [0.25, 0.3) is 6.08 Å². The first kappa shape index (κ1) is 26.2. The van der Waals surface area contributed by atoms with Crippen LogP contribution in [0.15, 0.2) is 94.7 Å². The zero-order chi connectivity index (χ0) is 24.8. The topological polar surface area (TPSA) is 71.5 Å². The van der Waals surface area contributed by atoms with Gasteiger partial charge in [-0.25, -0.2) is 16.8 Å². The highest BCUT2D eigenvalue weighted by Crippen LogP contribution is 2.27. The Balaban J connectivity index is 1.95. The van der Waals surface area contributed by atoms with Crippen LogP contribution < -0.4 is 0 Å². The summed E-state index contributed by atoms with van der Waals surface area (Å²) >= 11 is 1.13. The number of sulfonamides is 1. The maximum absolute atomic E-state index is 13.5. The normalized spacial score (nSPS) is 13.4. The van der Waals surface area contributed by atoms with E-state index in [2.05, 4.69) is 0 Å². The molecule has 34 heavy (non-hydrogen) atoms. The number of hydrogen-bond donors (Lipinski definition) is 0. The molecule has 3 aromatic carbocycles. The summed E-state index contributed by atoms with van der Waals surface area (Å²) in [4.78, 5) is 0.323. The van der Waals surface area contributed by atoms with Gasteiger partial charge in [-0.1, -0.05) is 77.9 Å². The van der Waals surface area contributed by atoms with Crippen LogP contribution in [-0.4, -0.2) is 45.1 Å². The maximum Gasteiger partial charge on any atom is 0.243 e. The lowest BCUT2D eigenvalue weighted by atomic mass is 10.2. The predicted octanol–water partition coefficient (Wildman–Crippen LogP) is 5.17. The van der Waals surface area contributed by atoms with E-state index in [-0.39, 0.29) is 22.9 Å². The van der Waals surface area contributed by atoms with E-state index in [9.17, 15) is 16.8 Å². The van der Waals surface area contributed by atoms with Crippen molar-refractivity contribution < 1.29 is 16.8 Å². The highest BCUT2D eigenvalue weighted by molar-refractivity contribution is 8.13. The van der Waals surface area contributed by atoms with Gasteiger partial charge in [-0.05, 0) is 49.9 Å². The minimum absolute atomic E-state index is 0.0472. The van der Waals surface area contributed by atoms with E-state index in [1.54, 1.807) is 60.9 Å². The zero-order valence-corrected chi connectivity index (χ0v) is 21.9. The smallest absolute Gasteiger partial charge is 0.222 e. The summed E-state index contributed by atoms with van der Waals surface area (Å²) in [6.07, 6.45) is 5.27. The average Bonchev–Trinajstić information content (AvgIpc) is 2.82. The molecule has 1 atom stereocenters. The number of hydrogen-bond acceptors (Lipinski definition) is 5. The molecule has 0 radical (unpaired) electrons. The molecule has 8 heteroatoms. The van der Waals surface area contributed by atoms with Gasteiger partial charge < -0.3 is 0 Å². The Bertz CT molecular complexity index is 1320. The van der Waals surface area contributed by atoms with Gasteiger partial charge in [0.05, 0.1) is 9.79 Å². The summed E-state index contributed by atoms with van der Waals surface area (Å²) in [7, 11) is -7.68. The van der Waals surface area contributed by atoms with Crippen LogP contribution in [0.5, 0.6) is 0 Å². The Morgan fingerprint density at radius 1 is 0.794 bits per heavy atom. The molecular formula is C26H29NO4S3. The molecule has 3 aromatic rings. The third-order valence-electron chi connectivity index (χ3n) is 5.39. The Hall–Kier alpha value is -2.39. The lowest BCUT2D eigenvalue weighted by molar-refractivity contribution is 0.453. The molecular weight excluding hydrogens is 486 g/mol. The molecule has 0 heterocycles. The second kappa shape index (κ2) is 11.4. The minimum atomic E-state index is -3.92. The van der Waals surface area contributed by atoms with Gasteiger partial charge in [0.25, 0.3) is 0 Å². The van der Waals surface area contributed by atoms with Gasteiger partial charge in [0.15, 0.2) is 9.84 Å². The molecule has 0 fully saturated rings. The Labute approximate surface area is 207 Å². The Kier molecular flexibility index (Phi) is 8.76. The quantitative estimate of drug-likeness (QED) is 0.373. The summed E-state index contributed by atoms with van der Waals surface area (Å²) in [6, 6.07) is 22.8. The maximum atomic E-state index is 13.5. The second-order valence-corrected chi connectivity index (χ2v) is 13.4. The number of nitrogens with zero attached hydrogens (tertiary/aromatic N) is 1. The number of thioether (sulfide) groups is 1. The van der Waals surface area contributed by atoms with Gasteiger partial charge >= 0.3 is 0 Å². The molecule has 0 aromatic heterocycles. The van der Waals surface area contributed by atoms with Gasteiger partial charge in [0.2, 0.25) is 10.0 Å². The Morgan fingerprint density at radius 3 is 1.85 bits per heavy atom. The fraction of sp³-hybridized carbons (Fsp3) is 0.231. The van der Waals surface area contributed by atoms with Crippen molar-refractivity contribution in [2.45, 2.75) is 28.2 Å². The van der Waals surface area contributed by atoms with Gasteiger partial charge in [0.1, 0.15) is 4.58 Å². The van der Waals surface area contributed by atoms with Crippen molar-refractivity contribution >= 4 is 37.7 Å². The van der Waals surface area contributed by atoms with Gasteiger partial charge in [0, 0.05) is 13.1 Å². The third kappa shape index (κ3) is 6.39. The second-order valence-electron chi connectivity index (χ2n) is 7.97. The van der Waals surface area contributed by atoms with E-state index in [1.807, 2.05) is 50.3 Å². The molecule has 0 saturated heterocycles. The van der Waals surface area contributed by atoms with E-state index in [4.69, 9.17) is 0 Å². The van der Waals surface area contributed by atoms with Gasteiger partial charge in [-0.2, -0.15) is 4.31 Å². The Morgan fingerprint density at radius 2 is 1.32 bits per heavy atom. The van der Waals surface area contributed by atoms with Crippen LogP contribution in [0.3, 0.4) is 0 Å². The first-order valence-corrected chi connectivity index (χ1v) is 15.0. The first-order chi connectivity index (χ1) is 16.1. The number of aryl methyl sites for hydroxylation is 2. The molecule has 0 aliphatic carbocycles. The molecule has 5 nitrogen and oxygen atoms in total. The summed E-state index contributed by atoms with van der Waals surface area (Å²) in [5.41, 5.74) is 2.83. The highest BCUT2D eigenvalue weighted by atomic mass is 32.3. The molecule has 0 aliphatic heterocycles. The number of rotatable bonds is 10. The standard InChI is InChI=1S/C26H29NO4S3/c1-21-11-15-24(16-12-21)33(28,29)26(32-3)20-27(19-7-10-23-8-5-4-6-9-23)34(30,31)25-17-13-22(2)14-18-25/h4-18,26H,19-20H2,1-3H3/b10-7+. The molecule has 1 unspecified atom stereocenters. The van der Waals surface area contributed by atoms with Crippen molar-refractivity contribution in [1.82, 2.24) is 4.31 Å². The third-order valence-corrected chi connectivity index (χ3v) is 11.0. The fourth-order valence-electron chi connectivity index (χ4n) is 3.35. The van der Waals surface area contributed by atoms with Crippen molar-refractivity contribution in [3.8, 4) is 0 Å². The highest BCUT2D eigenvalue weighted by Gasteiger charge is 2.33. The van der Waals surface area contributed by atoms with Crippen LogP contribution >= 0.6 is 11.8 Å². The largest absolute Gasteiger partial charge is 0.243 e.